The molecule has 5 nitrogen and oxygen atoms in total. The minimum Gasteiger partial charge on any atom is -0.480 e. The fourth-order valence-electron chi connectivity index (χ4n) is 2.06. The van der Waals surface area contributed by atoms with Gasteiger partial charge in [-0.05, 0) is 20.9 Å². The highest BCUT2D eigenvalue weighted by molar-refractivity contribution is 5.73. The van der Waals surface area contributed by atoms with Crippen molar-refractivity contribution in [3.63, 3.8) is 0 Å². The predicted octanol–water partition coefficient (Wildman–Crippen LogP) is 0.502. The molecular weight excluding hydrogens is 220 g/mol. The van der Waals surface area contributed by atoms with Gasteiger partial charge in [0.15, 0.2) is 0 Å². The van der Waals surface area contributed by atoms with Crippen LogP contribution in [0.5, 0.6) is 0 Å². The van der Waals surface area contributed by atoms with Gasteiger partial charge in [0, 0.05) is 39.7 Å². The lowest BCUT2D eigenvalue weighted by Gasteiger charge is -2.38. The number of carbonyl (C=O) groups is 1. The summed E-state index contributed by atoms with van der Waals surface area (Å²) in [5, 5.41) is 9.34. The van der Waals surface area contributed by atoms with Gasteiger partial charge in [0.2, 0.25) is 0 Å². The fourth-order valence-corrected chi connectivity index (χ4v) is 2.06. The van der Waals surface area contributed by atoms with Crippen molar-refractivity contribution in [3.8, 4) is 0 Å². The monoisotopic (exact) mass is 244 g/mol. The minimum absolute atomic E-state index is 0.396. The average molecular weight is 244 g/mol. The predicted molar refractivity (Wildman–Crippen MR) is 66.2 cm³/mol. The molecule has 1 atom stereocenters. The van der Waals surface area contributed by atoms with Crippen LogP contribution in [-0.2, 0) is 9.53 Å². The van der Waals surface area contributed by atoms with E-state index in [1.54, 1.807) is 7.11 Å². The Morgan fingerprint density at radius 2 is 1.88 bits per heavy atom. The Bertz CT molecular complexity index is 260. The Hall–Kier alpha value is -0.650. The molecule has 0 aromatic rings. The van der Waals surface area contributed by atoms with E-state index in [4.69, 9.17) is 4.74 Å². The van der Waals surface area contributed by atoms with Crippen molar-refractivity contribution < 1.29 is 14.6 Å². The molecule has 100 valence electrons. The van der Waals surface area contributed by atoms with Crippen LogP contribution in [0.2, 0.25) is 0 Å². The first kappa shape index (κ1) is 14.4. The molecule has 0 aliphatic carbocycles. The fraction of sp³-hybridized carbons (Fsp3) is 0.917. The van der Waals surface area contributed by atoms with Gasteiger partial charge in [-0.1, -0.05) is 0 Å². The quantitative estimate of drug-likeness (QED) is 0.763. The number of rotatable bonds is 5. The molecule has 0 aromatic carbocycles. The normalized spacial score (nSPS) is 21.4. The average Bonchev–Trinajstić information content (AvgIpc) is 2.27. The van der Waals surface area contributed by atoms with Crippen molar-refractivity contribution in [1.82, 2.24) is 9.80 Å². The van der Waals surface area contributed by atoms with Crippen LogP contribution in [0.1, 0.15) is 20.3 Å². The van der Waals surface area contributed by atoms with Crippen molar-refractivity contribution in [2.75, 3.05) is 40.3 Å². The Kier molecular flexibility index (Phi) is 4.91. The largest absolute Gasteiger partial charge is 0.480 e. The molecule has 0 amide bonds. The van der Waals surface area contributed by atoms with E-state index < -0.39 is 17.6 Å². The molecule has 0 spiro atoms. The number of carboxylic acids is 1. The molecule has 1 aliphatic heterocycles. The number of hydrogen-bond donors (Lipinski definition) is 1. The highest BCUT2D eigenvalue weighted by Gasteiger charge is 2.33. The third kappa shape index (κ3) is 4.26. The van der Waals surface area contributed by atoms with E-state index in [2.05, 4.69) is 11.9 Å². The van der Waals surface area contributed by atoms with E-state index in [0.29, 0.717) is 6.42 Å². The zero-order valence-corrected chi connectivity index (χ0v) is 11.3. The summed E-state index contributed by atoms with van der Waals surface area (Å²) in [6.45, 7) is 7.34. The molecule has 1 heterocycles. The van der Waals surface area contributed by atoms with Crippen LogP contribution in [0.3, 0.4) is 0 Å². The van der Waals surface area contributed by atoms with Gasteiger partial charge in [-0.3, -0.25) is 9.69 Å². The lowest BCUT2D eigenvalue weighted by Crippen LogP contribution is -2.53. The van der Waals surface area contributed by atoms with Gasteiger partial charge < -0.3 is 14.7 Å². The summed E-state index contributed by atoms with van der Waals surface area (Å²) in [4.78, 5) is 15.6. The number of carboxylic acid groups (broad SMARTS) is 1. The highest BCUT2D eigenvalue weighted by Crippen LogP contribution is 2.20. The lowest BCUT2D eigenvalue weighted by molar-refractivity contribution is -0.147. The number of nitrogens with zero attached hydrogens (tertiary/aromatic N) is 2. The first-order chi connectivity index (χ1) is 7.85. The molecule has 0 aromatic heterocycles. The Morgan fingerprint density at radius 3 is 2.29 bits per heavy atom. The van der Waals surface area contributed by atoms with Crippen LogP contribution in [-0.4, -0.2) is 72.9 Å². The standard InChI is InChI=1S/C12H24N2O3/c1-12(2,17-4)9-10(11(15)16)14-7-5-13(3)6-8-14/h10H,5-9H2,1-4H3,(H,15,16). The maximum absolute atomic E-state index is 11.4. The van der Waals surface area contributed by atoms with Crippen LogP contribution in [0.4, 0.5) is 0 Å². The summed E-state index contributed by atoms with van der Waals surface area (Å²) in [7, 11) is 3.69. The number of methoxy groups -OCH3 is 1. The van der Waals surface area contributed by atoms with Crippen molar-refractivity contribution in [1.29, 1.82) is 0 Å². The summed E-state index contributed by atoms with van der Waals surface area (Å²) in [6, 6.07) is -0.446. The molecule has 5 heteroatoms. The van der Waals surface area contributed by atoms with E-state index in [0.717, 1.165) is 26.2 Å². The summed E-state index contributed by atoms with van der Waals surface area (Å²) >= 11 is 0. The van der Waals surface area contributed by atoms with E-state index in [-0.39, 0.29) is 0 Å². The van der Waals surface area contributed by atoms with Crippen molar-refractivity contribution in [2.45, 2.75) is 31.9 Å². The topological polar surface area (TPSA) is 53.0 Å². The molecule has 0 bridgehead atoms. The van der Waals surface area contributed by atoms with Gasteiger partial charge in [-0.25, -0.2) is 0 Å². The molecule has 1 fully saturated rings. The smallest absolute Gasteiger partial charge is 0.321 e. The molecular formula is C12H24N2O3. The molecule has 1 N–H and O–H groups in total. The van der Waals surface area contributed by atoms with Gasteiger partial charge in [-0.2, -0.15) is 0 Å². The SMILES string of the molecule is COC(C)(C)CC(C(=O)O)N1CCN(C)CC1. The Labute approximate surface area is 103 Å². The number of hydrogen-bond acceptors (Lipinski definition) is 4. The van der Waals surface area contributed by atoms with Gasteiger partial charge in [0.05, 0.1) is 5.60 Å². The van der Waals surface area contributed by atoms with Gasteiger partial charge in [0.25, 0.3) is 0 Å². The number of likely N-dealkylation sites (N-methyl/N-ethyl adjacent to an activating group) is 1. The molecule has 1 rings (SSSR count). The zero-order valence-electron chi connectivity index (χ0n) is 11.3. The van der Waals surface area contributed by atoms with Gasteiger partial charge >= 0.3 is 5.97 Å². The summed E-state index contributed by atoms with van der Waals surface area (Å²) in [6.07, 6.45) is 0.516. The second-order valence-corrected chi connectivity index (χ2v) is 5.36. The van der Waals surface area contributed by atoms with Crippen LogP contribution in [0, 0.1) is 0 Å². The minimum atomic E-state index is -0.750. The van der Waals surface area contributed by atoms with Gasteiger partial charge in [0.1, 0.15) is 6.04 Å². The van der Waals surface area contributed by atoms with Crippen LogP contribution >= 0.6 is 0 Å². The lowest BCUT2D eigenvalue weighted by atomic mass is 9.97. The van der Waals surface area contributed by atoms with E-state index in [9.17, 15) is 9.90 Å². The molecule has 0 saturated carbocycles. The number of ether oxygens (including phenoxy) is 1. The third-order valence-corrected chi connectivity index (χ3v) is 3.50. The number of aliphatic carboxylic acids is 1. The molecule has 0 radical (unpaired) electrons. The van der Waals surface area contributed by atoms with Crippen molar-refractivity contribution >= 4 is 5.97 Å². The Balaban J connectivity index is 2.63. The van der Waals surface area contributed by atoms with E-state index >= 15 is 0 Å². The summed E-state index contributed by atoms with van der Waals surface area (Å²) in [5.41, 5.74) is -0.396. The zero-order chi connectivity index (χ0) is 13.1. The van der Waals surface area contributed by atoms with E-state index in [1.165, 1.54) is 0 Å². The number of piperazine rings is 1. The third-order valence-electron chi connectivity index (χ3n) is 3.50. The second-order valence-electron chi connectivity index (χ2n) is 5.36. The van der Waals surface area contributed by atoms with Gasteiger partial charge in [-0.15, -0.1) is 0 Å². The maximum atomic E-state index is 11.4. The molecule has 1 saturated heterocycles. The maximum Gasteiger partial charge on any atom is 0.321 e. The molecule has 1 unspecified atom stereocenters. The van der Waals surface area contributed by atoms with Crippen molar-refractivity contribution in [2.24, 2.45) is 0 Å². The van der Waals surface area contributed by atoms with Crippen molar-refractivity contribution in [3.05, 3.63) is 0 Å². The second kappa shape index (κ2) is 5.80. The highest BCUT2D eigenvalue weighted by atomic mass is 16.5. The Morgan fingerprint density at radius 1 is 1.35 bits per heavy atom. The van der Waals surface area contributed by atoms with E-state index in [1.807, 2.05) is 18.7 Å². The first-order valence-corrected chi connectivity index (χ1v) is 6.06. The van der Waals surface area contributed by atoms with Crippen LogP contribution in [0.25, 0.3) is 0 Å². The molecule has 1 aliphatic rings. The summed E-state index contributed by atoms with van der Waals surface area (Å²) < 4.78 is 5.33. The summed E-state index contributed by atoms with van der Waals surface area (Å²) in [5.74, 6) is -0.750. The first-order valence-electron chi connectivity index (χ1n) is 6.06. The molecule has 17 heavy (non-hydrogen) atoms. The van der Waals surface area contributed by atoms with Crippen LogP contribution < -0.4 is 0 Å². The van der Waals surface area contributed by atoms with Crippen LogP contribution in [0.15, 0.2) is 0 Å².